The highest BCUT2D eigenvalue weighted by atomic mass is 32.2. The van der Waals surface area contributed by atoms with Gasteiger partial charge < -0.3 is 10.2 Å². The number of carbonyl (C=O) groups excluding carboxylic acids is 1. The minimum Gasteiger partial charge on any atom is -0.356 e. The molecule has 134 valence electrons. The van der Waals surface area contributed by atoms with Gasteiger partial charge in [-0.15, -0.1) is 0 Å². The molecule has 0 unspecified atom stereocenters. The summed E-state index contributed by atoms with van der Waals surface area (Å²) in [5.41, 5.74) is 1.24. The predicted molar refractivity (Wildman–Crippen MR) is 95.2 cm³/mol. The second-order valence-corrected chi connectivity index (χ2v) is 8.30. The number of carbonyl (C=O) groups is 1. The Morgan fingerprint density at radius 3 is 2.46 bits per heavy atom. The first-order valence-electron chi connectivity index (χ1n) is 8.44. The van der Waals surface area contributed by atoms with E-state index in [9.17, 15) is 13.2 Å². The highest BCUT2D eigenvalue weighted by Crippen LogP contribution is 2.08. The van der Waals surface area contributed by atoms with Crippen molar-refractivity contribution in [2.45, 2.75) is 19.3 Å². The summed E-state index contributed by atoms with van der Waals surface area (Å²) in [6, 6.07) is 10.1. The van der Waals surface area contributed by atoms with Crippen molar-refractivity contribution in [1.82, 2.24) is 14.5 Å². The summed E-state index contributed by atoms with van der Waals surface area (Å²) in [6.07, 6.45) is 1.78. The van der Waals surface area contributed by atoms with Gasteiger partial charge in [-0.3, -0.25) is 4.79 Å². The Hall–Kier alpha value is -1.44. The number of amides is 1. The number of aryl methyl sites for hydroxylation is 1. The first-order chi connectivity index (χ1) is 11.5. The summed E-state index contributed by atoms with van der Waals surface area (Å²) in [5.74, 6) is -0.304. The van der Waals surface area contributed by atoms with Crippen LogP contribution >= 0.6 is 0 Å². The SMILES string of the molecule is CN1CCN(S(=O)(=O)CCC(=O)NCCCc2ccccc2)CC1. The zero-order valence-electron chi connectivity index (χ0n) is 14.3. The maximum absolute atomic E-state index is 12.2. The third-order valence-electron chi connectivity index (χ3n) is 4.25. The van der Waals surface area contributed by atoms with E-state index in [2.05, 4.69) is 22.3 Å². The quantitative estimate of drug-likeness (QED) is 0.699. The lowest BCUT2D eigenvalue weighted by Crippen LogP contribution is -2.48. The number of nitrogens with one attached hydrogen (secondary N) is 1. The number of rotatable bonds is 8. The van der Waals surface area contributed by atoms with E-state index in [1.807, 2.05) is 25.2 Å². The van der Waals surface area contributed by atoms with Crippen LogP contribution in [0.15, 0.2) is 30.3 Å². The zero-order chi connectivity index (χ0) is 17.4. The number of nitrogens with zero attached hydrogens (tertiary/aromatic N) is 2. The molecular weight excluding hydrogens is 326 g/mol. The van der Waals surface area contributed by atoms with Crippen molar-refractivity contribution in [2.75, 3.05) is 45.5 Å². The number of sulfonamides is 1. The molecule has 0 aromatic heterocycles. The summed E-state index contributed by atoms with van der Waals surface area (Å²) in [6.45, 7) is 3.08. The fourth-order valence-corrected chi connectivity index (χ4v) is 4.09. The molecule has 1 aliphatic rings. The van der Waals surface area contributed by atoms with Crippen molar-refractivity contribution in [3.8, 4) is 0 Å². The third-order valence-corrected chi connectivity index (χ3v) is 6.12. The van der Waals surface area contributed by atoms with E-state index in [4.69, 9.17) is 0 Å². The highest BCUT2D eigenvalue weighted by molar-refractivity contribution is 7.89. The van der Waals surface area contributed by atoms with E-state index in [-0.39, 0.29) is 18.1 Å². The average molecular weight is 353 g/mol. The maximum Gasteiger partial charge on any atom is 0.221 e. The van der Waals surface area contributed by atoms with E-state index < -0.39 is 10.0 Å². The summed E-state index contributed by atoms with van der Waals surface area (Å²) in [5, 5.41) is 2.81. The van der Waals surface area contributed by atoms with Gasteiger partial charge in [-0.2, -0.15) is 4.31 Å². The molecule has 1 aliphatic heterocycles. The molecule has 1 amide bonds. The normalized spacial score (nSPS) is 16.9. The van der Waals surface area contributed by atoms with Crippen LogP contribution in [0.25, 0.3) is 0 Å². The molecule has 1 N–H and O–H groups in total. The molecule has 0 atom stereocenters. The van der Waals surface area contributed by atoms with Crippen LogP contribution in [0.2, 0.25) is 0 Å². The smallest absolute Gasteiger partial charge is 0.221 e. The first-order valence-corrected chi connectivity index (χ1v) is 10.1. The number of hydrogen-bond acceptors (Lipinski definition) is 4. The van der Waals surface area contributed by atoms with E-state index in [1.165, 1.54) is 9.87 Å². The van der Waals surface area contributed by atoms with Gasteiger partial charge in [0.15, 0.2) is 0 Å². The van der Waals surface area contributed by atoms with Crippen molar-refractivity contribution in [3.05, 3.63) is 35.9 Å². The van der Waals surface area contributed by atoms with E-state index in [1.54, 1.807) is 0 Å². The van der Waals surface area contributed by atoms with Gasteiger partial charge in [-0.25, -0.2) is 8.42 Å². The molecule has 0 radical (unpaired) electrons. The van der Waals surface area contributed by atoms with Crippen molar-refractivity contribution in [3.63, 3.8) is 0 Å². The van der Waals surface area contributed by atoms with Gasteiger partial charge in [0, 0.05) is 39.1 Å². The zero-order valence-corrected chi connectivity index (χ0v) is 15.1. The maximum atomic E-state index is 12.2. The fraction of sp³-hybridized carbons (Fsp3) is 0.588. The van der Waals surface area contributed by atoms with Gasteiger partial charge in [-0.1, -0.05) is 30.3 Å². The second-order valence-electron chi connectivity index (χ2n) is 6.21. The lowest BCUT2D eigenvalue weighted by Gasteiger charge is -2.31. The Morgan fingerprint density at radius 2 is 1.79 bits per heavy atom. The van der Waals surface area contributed by atoms with E-state index in [0.29, 0.717) is 19.6 Å². The average Bonchev–Trinajstić information content (AvgIpc) is 2.58. The van der Waals surface area contributed by atoms with Crippen LogP contribution in [0, 0.1) is 0 Å². The van der Waals surface area contributed by atoms with Crippen molar-refractivity contribution >= 4 is 15.9 Å². The second kappa shape index (κ2) is 9.15. The number of benzene rings is 1. The molecule has 1 aromatic carbocycles. The Labute approximate surface area is 144 Å². The predicted octanol–water partition coefficient (Wildman–Crippen LogP) is 0.703. The summed E-state index contributed by atoms with van der Waals surface area (Å²) >= 11 is 0. The van der Waals surface area contributed by atoms with E-state index >= 15 is 0 Å². The first kappa shape index (κ1) is 18.9. The molecular formula is C17H27N3O3S. The van der Waals surface area contributed by atoms with Gasteiger partial charge in [0.2, 0.25) is 15.9 Å². The van der Waals surface area contributed by atoms with Crippen LogP contribution in [0.4, 0.5) is 0 Å². The summed E-state index contributed by atoms with van der Waals surface area (Å²) in [7, 11) is -1.35. The standard InChI is InChI=1S/C17H27N3O3S/c1-19-11-13-20(14-12-19)24(22,23)15-9-17(21)18-10-5-8-16-6-3-2-4-7-16/h2-4,6-7H,5,8-15H2,1H3,(H,18,21). The Balaban J connectivity index is 1.63. The molecule has 24 heavy (non-hydrogen) atoms. The minimum atomic E-state index is -3.33. The number of piperazine rings is 1. The Bertz CT molecular complexity index is 611. The largest absolute Gasteiger partial charge is 0.356 e. The number of likely N-dealkylation sites (N-methyl/N-ethyl adjacent to an activating group) is 1. The van der Waals surface area contributed by atoms with Crippen molar-refractivity contribution in [1.29, 1.82) is 0 Å². The lowest BCUT2D eigenvalue weighted by molar-refractivity contribution is -0.120. The molecule has 6 nitrogen and oxygen atoms in total. The Kier molecular flexibility index (Phi) is 7.20. The van der Waals surface area contributed by atoms with Gasteiger partial charge in [0.25, 0.3) is 0 Å². The minimum absolute atomic E-state index is 0.0278. The van der Waals surface area contributed by atoms with Crippen LogP contribution in [0.5, 0.6) is 0 Å². The monoisotopic (exact) mass is 353 g/mol. The van der Waals surface area contributed by atoms with Crippen molar-refractivity contribution < 1.29 is 13.2 Å². The molecule has 0 aliphatic carbocycles. The third kappa shape index (κ3) is 6.22. The molecule has 1 saturated heterocycles. The fourth-order valence-electron chi connectivity index (χ4n) is 2.67. The summed E-state index contributed by atoms with van der Waals surface area (Å²) in [4.78, 5) is 13.9. The molecule has 7 heteroatoms. The lowest BCUT2D eigenvalue weighted by atomic mass is 10.1. The van der Waals surface area contributed by atoms with Crippen LogP contribution < -0.4 is 5.32 Å². The molecule has 0 spiro atoms. The van der Waals surface area contributed by atoms with Crippen LogP contribution in [-0.4, -0.2) is 69.1 Å². The van der Waals surface area contributed by atoms with Gasteiger partial charge in [0.1, 0.15) is 0 Å². The van der Waals surface area contributed by atoms with Crippen LogP contribution in [0.1, 0.15) is 18.4 Å². The van der Waals surface area contributed by atoms with Crippen molar-refractivity contribution in [2.24, 2.45) is 0 Å². The van der Waals surface area contributed by atoms with Gasteiger partial charge in [-0.05, 0) is 25.5 Å². The van der Waals surface area contributed by atoms with Crippen LogP contribution in [-0.2, 0) is 21.2 Å². The van der Waals surface area contributed by atoms with Crippen LogP contribution in [0.3, 0.4) is 0 Å². The molecule has 1 heterocycles. The van der Waals surface area contributed by atoms with E-state index in [0.717, 1.165) is 25.9 Å². The molecule has 1 fully saturated rings. The molecule has 0 bridgehead atoms. The Morgan fingerprint density at radius 1 is 1.12 bits per heavy atom. The topological polar surface area (TPSA) is 69.7 Å². The molecule has 0 saturated carbocycles. The van der Waals surface area contributed by atoms with Gasteiger partial charge >= 0.3 is 0 Å². The van der Waals surface area contributed by atoms with Gasteiger partial charge in [0.05, 0.1) is 5.75 Å². The molecule has 2 rings (SSSR count). The number of hydrogen-bond donors (Lipinski definition) is 1. The molecule has 1 aromatic rings. The summed E-state index contributed by atoms with van der Waals surface area (Å²) < 4.78 is 26.0. The highest BCUT2D eigenvalue weighted by Gasteiger charge is 2.25.